The zero-order valence-corrected chi connectivity index (χ0v) is 22.4. The Kier molecular flexibility index (Phi) is 9.48. The van der Waals surface area contributed by atoms with Gasteiger partial charge in [0.15, 0.2) is 4.47 Å². The third-order valence-electron chi connectivity index (χ3n) is 5.90. The van der Waals surface area contributed by atoms with Crippen LogP contribution in [0.1, 0.15) is 38.2 Å². The molecule has 3 aromatic rings. The molecular formula is C25H22BrF6N3O5. The first-order valence-electron chi connectivity index (χ1n) is 11.9. The van der Waals surface area contributed by atoms with E-state index < -0.39 is 55.7 Å². The summed E-state index contributed by atoms with van der Waals surface area (Å²) in [6, 6.07) is 9.23. The average Bonchev–Trinajstić information content (AvgIpc) is 2.85. The Labute approximate surface area is 231 Å². The first-order chi connectivity index (χ1) is 18.7. The van der Waals surface area contributed by atoms with Gasteiger partial charge in [0.25, 0.3) is 5.69 Å². The zero-order chi connectivity index (χ0) is 29.8. The predicted octanol–water partition coefficient (Wildman–Crippen LogP) is 9.10. The summed E-state index contributed by atoms with van der Waals surface area (Å²) in [7, 11) is 0. The highest BCUT2D eigenvalue weighted by Crippen LogP contribution is 2.52. The summed E-state index contributed by atoms with van der Waals surface area (Å²) < 4.78 is 85.3. The van der Waals surface area contributed by atoms with E-state index in [1.165, 1.54) is 18.2 Å². The van der Waals surface area contributed by atoms with Gasteiger partial charge >= 0.3 is 18.0 Å². The number of benzene rings is 3. The van der Waals surface area contributed by atoms with Crippen LogP contribution in [0.5, 0.6) is 5.75 Å². The van der Waals surface area contributed by atoms with Crippen LogP contribution in [0.4, 0.5) is 49.1 Å². The Morgan fingerprint density at radius 3 is 2.15 bits per heavy atom. The third-order valence-corrected chi connectivity index (χ3v) is 6.68. The van der Waals surface area contributed by atoms with Crippen LogP contribution in [0.15, 0.2) is 46.9 Å². The number of alkyl halides is 6. The minimum atomic E-state index is -5.20. The molecule has 0 aliphatic heterocycles. The lowest BCUT2D eigenvalue weighted by Crippen LogP contribution is -2.24. The van der Waals surface area contributed by atoms with Gasteiger partial charge in [0.05, 0.1) is 22.0 Å². The summed E-state index contributed by atoms with van der Waals surface area (Å²) in [5.74, 6) is 0.174. The van der Waals surface area contributed by atoms with E-state index in [1.807, 2.05) is 0 Å². The molecule has 8 nitrogen and oxygen atoms in total. The summed E-state index contributed by atoms with van der Waals surface area (Å²) in [4.78, 5) is 22.4. The summed E-state index contributed by atoms with van der Waals surface area (Å²) >= 11 is 2.78. The molecule has 0 aromatic heterocycles. The van der Waals surface area contributed by atoms with Crippen molar-refractivity contribution >= 4 is 49.5 Å². The number of nitro benzene ring substituents is 2. The third kappa shape index (κ3) is 6.92. The Balaban J connectivity index is 2.28. The van der Waals surface area contributed by atoms with E-state index in [-0.39, 0.29) is 37.1 Å². The van der Waals surface area contributed by atoms with Gasteiger partial charge in [-0.3, -0.25) is 20.2 Å². The molecule has 0 saturated carbocycles. The molecule has 0 radical (unpaired) electrons. The highest BCUT2D eigenvalue weighted by atomic mass is 79.9. The van der Waals surface area contributed by atoms with Crippen LogP contribution in [-0.2, 0) is 6.18 Å². The summed E-state index contributed by atoms with van der Waals surface area (Å²) in [6.07, 6.45) is -10.1. The highest BCUT2D eigenvalue weighted by Gasteiger charge is 2.44. The van der Waals surface area contributed by atoms with Crippen molar-refractivity contribution in [3.63, 3.8) is 0 Å². The van der Waals surface area contributed by atoms with Crippen LogP contribution in [-0.4, -0.2) is 29.2 Å². The van der Waals surface area contributed by atoms with Gasteiger partial charge in [0, 0.05) is 35.5 Å². The van der Waals surface area contributed by atoms with Gasteiger partial charge < -0.3 is 9.64 Å². The van der Waals surface area contributed by atoms with Crippen LogP contribution in [0.25, 0.3) is 10.8 Å². The van der Waals surface area contributed by atoms with Crippen molar-refractivity contribution in [1.82, 2.24) is 0 Å². The first-order valence-corrected chi connectivity index (χ1v) is 12.7. The lowest BCUT2D eigenvalue weighted by molar-refractivity contribution is -0.395. The molecule has 0 saturated heterocycles. The Morgan fingerprint density at radius 2 is 1.60 bits per heavy atom. The molecule has 216 valence electrons. The smallest absolute Gasteiger partial charge is 0.418 e. The molecule has 0 heterocycles. The summed E-state index contributed by atoms with van der Waals surface area (Å²) in [5, 5.41) is 24.2. The minimum absolute atomic E-state index is 0.112. The van der Waals surface area contributed by atoms with Crippen LogP contribution in [0.2, 0.25) is 0 Å². The van der Waals surface area contributed by atoms with E-state index >= 15 is 0 Å². The topological polar surface area (TPSA) is 98.8 Å². The second kappa shape index (κ2) is 12.3. The van der Waals surface area contributed by atoms with Crippen LogP contribution in [0, 0.1) is 20.2 Å². The van der Waals surface area contributed by atoms with Gasteiger partial charge in [0.1, 0.15) is 11.4 Å². The predicted molar refractivity (Wildman–Crippen MR) is 139 cm³/mol. The summed E-state index contributed by atoms with van der Waals surface area (Å²) in [5.41, 5.74) is -4.59. The second-order valence-electron chi connectivity index (χ2n) is 8.67. The Bertz CT molecular complexity index is 1410. The normalized spacial score (nSPS) is 12.0. The number of rotatable bonds is 11. The van der Waals surface area contributed by atoms with Gasteiger partial charge in [0.2, 0.25) is 0 Å². The number of hydrogen-bond donors (Lipinski definition) is 0. The number of nitro groups is 2. The number of anilines is 2. The van der Waals surface area contributed by atoms with Gasteiger partial charge in [-0.1, -0.05) is 37.6 Å². The lowest BCUT2D eigenvalue weighted by Gasteiger charge is -2.29. The number of unbranched alkanes of at least 4 members (excludes halogenated alkanes) is 1. The minimum Gasteiger partial charge on any atom is -0.493 e. The molecule has 0 N–H and O–H groups in total. The van der Waals surface area contributed by atoms with Crippen molar-refractivity contribution < 1.29 is 40.9 Å². The van der Waals surface area contributed by atoms with Crippen LogP contribution in [0.3, 0.4) is 0 Å². The summed E-state index contributed by atoms with van der Waals surface area (Å²) in [6.45, 7) is 1.36. The maximum Gasteiger partial charge on any atom is 0.418 e. The largest absolute Gasteiger partial charge is 0.493 e. The average molecular weight is 638 g/mol. The molecule has 0 unspecified atom stereocenters. The molecular weight excluding hydrogens is 616 g/mol. The van der Waals surface area contributed by atoms with E-state index in [0.717, 1.165) is 4.90 Å². The number of nitrogens with zero attached hydrogens (tertiary/aromatic N) is 3. The molecule has 0 spiro atoms. The Morgan fingerprint density at radius 1 is 0.950 bits per heavy atom. The molecule has 0 bridgehead atoms. The fourth-order valence-electron chi connectivity index (χ4n) is 4.15. The van der Waals surface area contributed by atoms with Gasteiger partial charge in [-0.2, -0.15) is 26.3 Å². The molecule has 0 aliphatic rings. The molecule has 0 atom stereocenters. The maximum atomic E-state index is 14.3. The molecule has 0 fully saturated rings. The highest BCUT2D eigenvalue weighted by molar-refractivity contribution is 9.10. The zero-order valence-electron chi connectivity index (χ0n) is 20.8. The van der Waals surface area contributed by atoms with Crippen molar-refractivity contribution in [3.8, 4) is 5.75 Å². The standard InChI is InChI=1S/C25H22BrF6N3O5/c1-2-3-12-33(22-17(25(30,31)32)14-19(34(36)37)21(26)23(22)35(38)39)18-9-10-20(16-8-5-4-7-15(16)18)40-13-6-11-24(27,28)29/h4-5,7-10,14H,2-3,6,11-13H2,1H3. The molecule has 3 aromatic carbocycles. The molecule has 15 heteroatoms. The van der Waals surface area contributed by atoms with E-state index in [2.05, 4.69) is 15.9 Å². The molecule has 3 rings (SSSR count). The number of hydrogen-bond acceptors (Lipinski definition) is 6. The maximum absolute atomic E-state index is 14.3. The van der Waals surface area contributed by atoms with Crippen LogP contribution < -0.4 is 9.64 Å². The lowest BCUT2D eigenvalue weighted by atomic mass is 10.0. The fourth-order valence-corrected chi connectivity index (χ4v) is 4.74. The van der Waals surface area contributed by atoms with E-state index in [1.54, 1.807) is 25.1 Å². The monoisotopic (exact) mass is 637 g/mol. The quantitative estimate of drug-likeness (QED) is 0.0900. The molecule has 40 heavy (non-hydrogen) atoms. The molecule has 0 aliphatic carbocycles. The van der Waals surface area contributed by atoms with E-state index in [9.17, 15) is 46.6 Å². The first kappa shape index (κ1) is 30.9. The van der Waals surface area contributed by atoms with Gasteiger partial charge in [-0.25, -0.2) is 0 Å². The van der Waals surface area contributed by atoms with Gasteiger partial charge in [-0.05, 0) is 40.9 Å². The Hall–Kier alpha value is -3.62. The number of halogens is 7. The van der Waals surface area contributed by atoms with Crippen LogP contribution >= 0.6 is 15.9 Å². The fraction of sp³-hybridized carbons (Fsp3) is 0.360. The van der Waals surface area contributed by atoms with E-state index in [0.29, 0.717) is 23.6 Å². The van der Waals surface area contributed by atoms with Crippen molar-refractivity contribution in [1.29, 1.82) is 0 Å². The van der Waals surface area contributed by atoms with Crippen molar-refractivity contribution in [2.45, 2.75) is 45.0 Å². The van der Waals surface area contributed by atoms with Gasteiger partial charge in [-0.15, -0.1) is 0 Å². The molecule has 0 amide bonds. The van der Waals surface area contributed by atoms with Crippen molar-refractivity contribution in [2.75, 3.05) is 18.1 Å². The van der Waals surface area contributed by atoms with E-state index in [4.69, 9.17) is 4.74 Å². The second-order valence-corrected chi connectivity index (χ2v) is 9.46. The number of ether oxygens (including phenoxy) is 1. The van der Waals surface area contributed by atoms with Crippen molar-refractivity contribution in [3.05, 3.63) is 72.7 Å². The van der Waals surface area contributed by atoms with Crippen molar-refractivity contribution in [2.24, 2.45) is 0 Å². The SMILES string of the molecule is CCCCN(c1c(C(F)(F)F)cc([N+](=O)[O-])c(Br)c1[N+](=O)[O-])c1ccc(OCCCC(F)(F)F)c2ccccc12. The number of fused-ring (bicyclic) bond motifs is 1.